The Labute approximate surface area is 122 Å². The lowest BCUT2D eigenvalue weighted by atomic mass is 9.81. The molecule has 1 nitrogen and oxygen atoms in total. The molecule has 3 atom stereocenters. The van der Waals surface area contributed by atoms with E-state index in [-0.39, 0.29) is 0 Å². The van der Waals surface area contributed by atoms with E-state index in [1.54, 1.807) is 0 Å². The van der Waals surface area contributed by atoms with E-state index >= 15 is 0 Å². The number of hydrogen-bond acceptors (Lipinski definition) is 3. The molecular weight excluding hydrogens is 276 g/mol. The Bertz CT molecular complexity index is 286. The zero-order valence-electron chi connectivity index (χ0n) is 12.5. The van der Waals surface area contributed by atoms with Crippen LogP contribution in [0.25, 0.3) is 0 Å². The lowest BCUT2D eigenvalue weighted by Crippen LogP contribution is -2.35. The highest BCUT2D eigenvalue weighted by Crippen LogP contribution is 2.59. The molecule has 0 spiro atoms. The van der Waals surface area contributed by atoms with Crippen LogP contribution in [0.5, 0.6) is 0 Å². The summed E-state index contributed by atoms with van der Waals surface area (Å²) in [6, 6.07) is 0. The first-order valence-electron chi connectivity index (χ1n) is 7.20. The van der Waals surface area contributed by atoms with Crippen LogP contribution >= 0.6 is 23.5 Å². The molecule has 0 aromatic heterocycles. The van der Waals surface area contributed by atoms with Crippen LogP contribution in [0.15, 0.2) is 0 Å². The fourth-order valence-corrected chi connectivity index (χ4v) is 7.56. The number of fused-ring (bicyclic) bond motifs is 1. The van der Waals surface area contributed by atoms with E-state index in [2.05, 4.69) is 55.7 Å². The normalized spacial score (nSPS) is 35.5. The first kappa shape index (κ1) is 15.3. The Morgan fingerprint density at radius 3 is 2.22 bits per heavy atom. The molecule has 18 heavy (non-hydrogen) atoms. The van der Waals surface area contributed by atoms with E-state index in [0.717, 1.165) is 11.8 Å². The van der Waals surface area contributed by atoms with E-state index in [0.29, 0.717) is 10.2 Å². The quantitative estimate of drug-likeness (QED) is 0.543. The summed E-state index contributed by atoms with van der Waals surface area (Å²) in [7, 11) is -1.41. The molecule has 0 aromatic carbocycles. The van der Waals surface area contributed by atoms with E-state index in [1.807, 2.05) is 0 Å². The van der Waals surface area contributed by atoms with Crippen molar-refractivity contribution in [3.63, 3.8) is 0 Å². The summed E-state index contributed by atoms with van der Waals surface area (Å²) in [6.45, 7) is 7.01. The first-order chi connectivity index (χ1) is 8.42. The maximum absolute atomic E-state index is 6.54. The van der Waals surface area contributed by atoms with Gasteiger partial charge in [0, 0.05) is 0 Å². The number of rotatable bonds is 4. The summed E-state index contributed by atoms with van der Waals surface area (Å²) in [5, 5.41) is 0. The van der Waals surface area contributed by atoms with Gasteiger partial charge in [0.05, 0.1) is 10.2 Å². The molecule has 2 saturated carbocycles. The zero-order chi connectivity index (χ0) is 13.4. The van der Waals surface area contributed by atoms with Crippen LogP contribution in [0.1, 0.15) is 32.1 Å². The second kappa shape index (κ2) is 5.70. The molecule has 0 bridgehead atoms. The summed E-state index contributed by atoms with van der Waals surface area (Å²) >= 11 is 4.19. The maximum atomic E-state index is 6.54. The van der Waals surface area contributed by atoms with E-state index < -0.39 is 8.32 Å². The SMILES string of the molecule is CSC1(SC)C[C@@H](O[Si](C)(C)C)[C@@H]2CCCC[C@@H]21. The summed E-state index contributed by atoms with van der Waals surface area (Å²) in [4.78, 5) is 0. The minimum atomic E-state index is -1.41. The Kier molecular flexibility index (Phi) is 4.84. The van der Waals surface area contributed by atoms with Crippen molar-refractivity contribution in [2.45, 2.75) is 61.9 Å². The second-order valence-electron chi connectivity index (χ2n) is 6.75. The predicted octanol–water partition coefficient (Wildman–Crippen LogP) is 4.84. The Balaban J connectivity index is 2.18. The van der Waals surface area contributed by atoms with Crippen LogP contribution in [-0.2, 0) is 4.43 Å². The van der Waals surface area contributed by atoms with Crippen molar-refractivity contribution in [2.24, 2.45) is 11.8 Å². The van der Waals surface area contributed by atoms with Crippen LogP contribution in [-0.4, -0.2) is 31.0 Å². The molecule has 2 rings (SSSR count). The Morgan fingerprint density at radius 1 is 1.06 bits per heavy atom. The minimum absolute atomic E-state index is 0.440. The number of hydrogen-bond donors (Lipinski definition) is 0. The topological polar surface area (TPSA) is 9.23 Å². The van der Waals surface area contributed by atoms with E-state index in [9.17, 15) is 0 Å². The van der Waals surface area contributed by atoms with Crippen molar-refractivity contribution in [1.82, 2.24) is 0 Å². The molecule has 106 valence electrons. The van der Waals surface area contributed by atoms with Gasteiger partial charge in [0.15, 0.2) is 8.32 Å². The molecule has 2 fully saturated rings. The van der Waals surface area contributed by atoms with Gasteiger partial charge in [-0.1, -0.05) is 12.8 Å². The molecule has 0 N–H and O–H groups in total. The molecule has 0 unspecified atom stereocenters. The second-order valence-corrected chi connectivity index (χ2v) is 13.7. The van der Waals surface area contributed by atoms with Gasteiger partial charge in [0.2, 0.25) is 0 Å². The highest BCUT2D eigenvalue weighted by molar-refractivity contribution is 8.17. The average molecular weight is 305 g/mol. The van der Waals surface area contributed by atoms with E-state index in [4.69, 9.17) is 4.43 Å². The highest BCUT2D eigenvalue weighted by atomic mass is 32.2. The molecule has 0 saturated heterocycles. The van der Waals surface area contributed by atoms with Gasteiger partial charge in [0.25, 0.3) is 0 Å². The lowest BCUT2D eigenvalue weighted by molar-refractivity contribution is 0.111. The summed E-state index contributed by atoms with van der Waals surface area (Å²) in [5.74, 6) is 1.72. The highest BCUT2D eigenvalue weighted by Gasteiger charge is 2.54. The fraction of sp³-hybridized carbons (Fsp3) is 1.00. The van der Waals surface area contributed by atoms with Gasteiger partial charge in [-0.25, -0.2) is 0 Å². The molecule has 0 radical (unpaired) electrons. The van der Waals surface area contributed by atoms with E-state index in [1.165, 1.54) is 32.1 Å². The van der Waals surface area contributed by atoms with Crippen LogP contribution in [0, 0.1) is 11.8 Å². The lowest BCUT2D eigenvalue weighted by Gasteiger charge is -2.37. The van der Waals surface area contributed by atoms with Crippen molar-refractivity contribution in [3.05, 3.63) is 0 Å². The summed E-state index contributed by atoms with van der Waals surface area (Å²) < 4.78 is 6.98. The molecule has 2 aliphatic rings. The molecule has 0 aromatic rings. The van der Waals surface area contributed by atoms with Crippen molar-refractivity contribution >= 4 is 31.8 Å². The van der Waals surface area contributed by atoms with Gasteiger partial charge in [0.1, 0.15) is 0 Å². The molecule has 2 aliphatic carbocycles. The third-order valence-corrected chi connectivity index (χ3v) is 8.87. The van der Waals surface area contributed by atoms with Gasteiger partial charge in [-0.15, -0.1) is 23.5 Å². The van der Waals surface area contributed by atoms with Gasteiger partial charge in [-0.2, -0.15) is 0 Å². The molecular formula is C14H28OS2Si. The molecule has 0 amide bonds. The predicted molar refractivity (Wildman–Crippen MR) is 88.0 cm³/mol. The first-order valence-corrected chi connectivity index (χ1v) is 13.1. The Hall–Kier alpha value is 0.877. The van der Waals surface area contributed by atoms with Crippen molar-refractivity contribution in [2.75, 3.05) is 12.5 Å². The monoisotopic (exact) mass is 304 g/mol. The van der Waals surface area contributed by atoms with Gasteiger partial charge in [-0.3, -0.25) is 0 Å². The van der Waals surface area contributed by atoms with Crippen LogP contribution in [0.2, 0.25) is 19.6 Å². The van der Waals surface area contributed by atoms with Gasteiger partial charge < -0.3 is 4.43 Å². The third kappa shape index (κ3) is 2.97. The standard InChI is InChI=1S/C14H28OS2Si/c1-16-14(17-2)10-13(15-18(3,4)5)11-8-6-7-9-12(11)14/h11-13H,6-10H2,1-5H3/t11-,12+,13-/m1/s1. The van der Waals surface area contributed by atoms with Crippen molar-refractivity contribution in [1.29, 1.82) is 0 Å². The maximum Gasteiger partial charge on any atom is 0.184 e. The van der Waals surface area contributed by atoms with Gasteiger partial charge in [-0.05, 0) is 63.3 Å². The summed E-state index contributed by atoms with van der Waals surface area (Å²) in [6.07, 6.45) is 12.1. The van der Waals surface area contributed by atoms with Crippen LogP contribution in [0.4, 0.5) is 0 Å². The van der Waals surface area contributed by atoms with Gasteiger partial charge >= 0.3 is 0 Å². The molecule has 4 heteroatoms. The summed E-state index contributed by atoms with van der Waals surface area (Å²) in [5.41, 5.74) is 0. The van der Waals surface area contributed by atoms with Crippen LogP contribution in [0.3, 0.4) is 0 Å². The molecule has 0 heterocycles. The average Bonchev–Trinajstić information content (AvgIpc) is 2.63. The Morgan fingerprint density at radius 2 is 1.67 bits per heavy atom. The minimum Gasteiger partial charge on any atom is -0.414 e. The largest absolute Gasteiger partial charge is 0.414 e. The van der Waals surface area contributed by atoms with Crippen molar-refractivity contribution < 1.29 is 4.43 Å². The number of thioether (sulfide) groups is 2. The zero-order valence-corrected chi connectivity index (χ0v) is 15.1. The molecule has 0 aliphatic heterocycles. The van der Waals surface area contributed by atoms with Crippen LogP contribution < -0.4 is 0 Å². The third-order valence-electron chi connectivity index (χ3n) is 4.54. The van der Waals surface area contributed by atoms with Crippen molar-refractivity contribution in [3.8, 4) is 0 Å². The fourth-order valence-electron chi connectivity index (χ4n) is 3.87. The smallest absolute Gasteiger partial charge is 0.184 e.